The van der Waals surface area contributed by atoms with Gasteiger partial charge in [-0.25, -0.2) is 0 Å². The van der Waals surface area contributed by atoms with E-state index in [0.29, 0.717) is 5.56 Å². The second kappa shape index (κ2) is 9.32. The van der Waals surface area contributed by atoms with Crippen LogP contribution in [0.4, 0.5) is 5.69 Å². The smallest absolute Gasteiger partial charge is 0.304 e. The average Bonchev–Trinajstić information content (AvgIpc) is 3.04. The Labute approximate surface area is 181 Å². The number of aliphatic hydroxyl groups excluding tert-OH is 3. The number of rotatable bonds is 8. The summed E-state index contributed by atoms with van der Waals surface area (Å²) in [6, 6.07) is 9.00. The number of hydrogen-bond donors (Lipinski definition) is 4. The number of nitro benzene ring substituents is 1. The van der Waals surface area contributed by atoms with Gasteiger partial charge in [-0.2, -0.15) is 0 Å². The van der Waals surface area contributed by atoms with Crippen molar-refractivity contribution in [3.05, 3.63) is 64.2 Å². The molecular weight excluding hydrogens is 426 g/mol. The van der Waals surface area contributed by atoms with Gasteiger partial charge in [0, 0.05) is 12.1 Å². The summed E-state index contributed by atoms with van der Waals surface area (Å²) < 4.78 is 16.1. The number of ketones is 1. The number of phenols is 1. The molecule has 0 spiro atoms. The molecule has 0 bridgehead atoms. The van der Waals surface area contributed by atoms with Gasteiger partial charge in [0.05, 0.1) is 18.6 Å². The number of methoxy groups -OCH3 is 1. The van der Waals surface area contributed by atoms with E-state index in [4.69, 9.17) is 14.2 Å². The molecule has 11 nitrogen and oxygen atoms in total. The van der Waals surface area contributed by atoms with Gasteiger partial charge in [-0.05, 0) is 35.9 Å². The molecule has 1 aliphatic heterocycles. The lowest BCUT2D eigenvalue weighted by atomic mass is 10.00. The molecule has 0 aliphatic carbocycles. The predicted molar refractivity (Wildman–Crippen MR) is 109 cm³/mol. The minimum atomic E-state index is -2.42. The number of benzene rings is 2. The predicted octanol–water partition coefficient (Wildman–Crippen LogP) is 0.779. The molecular formula is C21H21NO10. The third-order valence-electron chi connectivity index (χ3n) is 4.89. The lowest BCUT2D eigenvalue weighted by Gasteiger charge is -2.30. The van der Waals surface area contributed by atoms with Gasteiger partial charge >= 0.3 is 5.79 Å². The standard InChI is InChI=1S/C21H21NO10/c1-30-16-10-12(2-8-15(16)24)3-9-18(25)21(20(27)19(26)17(11-23)32-21)31-14-6-4-13(5-7-14)22(28)29/h2-10,17,19-20,23-24,26-27H,11H2,1H3/b9-3+/t17-,19-,20+,21?/m0/s1. The summed E-state index contributed by atoms with van der Waals surface area (Å²) in [5, 5.41) is 50.7. The fraction of sp³-hybridized carbons (Fsp3) is 0.286. The molecule has 1 unspecified atom stereocenters. The van der Waals surface area contributed by atoms with E-state index >= 15 is 0 Å². The number of ether oxygens (including phenoxy) is 3. The fourth-order valence-corrected chi connectivity index (χ4v) is 3.17. The Bertz CT molecular complexity index is 1020. The zero-order valence-corrected chi connectivity index (χ0v) is 16.8. The monoisotopic (exact) mass is 447 g/mol. The van der Waals surface area contributed by atoms with Crippen molar-refractivity contribution >= 4 is 17.5 Å². The van der Waals surface area contributed by atoms with Crippen molar-refractivity contribution in [3.63, 3.8) is 0 Å². The zero-order chi connectivity index (χ0) is 23.5. The second-order valence-electron chi connectivity index (χ2n) is 6.92. The number of phenolic OH excluding ortho intramolecular Hbond substituents is 1. The largest absolute Gasteiger partial charge is 0.504 e. The maximum atomic E-state index is 13.1. The molecule has 32 heavy (non-hydrogen) atoms. The number of hydrogen-bond acceptors (Lipinski definition) is 10. The van der Waals surface area contributed by atoms with Gasteiger partial charge in [0.1, 0.15) is 18.0 Å². The first-order valence-electron chi connectivity index (χ1n) is 9.39. The molecule has 0 amide bonds. The molecule has 3 rings (SSSR count). The topological polar surface area (TPSA) is 169 Å². The number of aliphatic hydroxyl groups is 3. The Hall–Kier alpha value is -3.51. The van der Waals surface area contributed by atoms with Crippen molar-refractivity contribution in [1.82, 2.24) is 0 Å². The van der Waals surface area contributed by atoms with Gasteiger partial charge < -0.3 is 34.6 Å². The highest BCUT2D eigenvalue weighted by molar-refractivity contribution is 6.00. The first kappa shape index (κ1) is 23.2. The SMILES string of the molecule is COc1cc(/C=C/C(=O)C2(Oc3ccc([N+](=O)[O-])cc3)O[C@@H](CO)[C@H](O)[C@H]2O)ccc1O. The third-order valence-corrected chi connectivity index (χ3v) is 4.89. The Balaban J connectivity index is 1.93. The molecule has 11 heteroatoms. The van der Waals surface area contributed by atoms with Gasteiger partial charge in [0.15, 0.2) is 17.6 Å². The molecule has 4 N–H and O–H groups in total. The summed E-state index contributed by atoms with van der Waals surface area (Å²) in [5.41, 5.74) is 0.241. The van der Waals surface area contributed by atoms with Crippen molar-refractivity contribution in [2.24, 2.45) is 0 Å². The van der Waals surface area contributed by atoms with Crippen LogP contribution < -0.4 is 9.47 Å². The first-order chi connectivity index (χ1) is 15.2. The van der Waals surface area contributed by atoms with Crippen LogP contribution in [0.1, 0.15) is 5.56 Å². The van der Waals surface area contributed by atoms with Crippen LogP contribution in [0.3, 0.4) is 0 Å². The normalized spacial score (nSPS) is 25.1. The van der Waals surface area contributed by atoms with Crippen LogP contribution in [-0.4, -0.2) is 68.9 Å². The number of non-ortho nitro benzene ring substituents is 1. The average molecular weight is 447 g/mol. The van der Waals surface area contributed by atoms with Gasteiger partial charge in [-0.3, -0.25) is 14.9 Å². The van der Waals surface area contributed by atoms with Crippen LogP contribution in [0.15, 0.2) is 48.5 Å². The summed E-state index contributed by atoms with van der Waals surface area (Å²) >= 11 is 0. The molecule has 0 aromatic heterocycles. The van der Waals surface area contributed by atoms with Crippen LogP contribution in [0.5, 0.6) is 17.2 Å². The van der Waals surface area contributed by atoms with Crippen molar-refractivity contribution in [2.75, 3.05) is 13.7 Å². The van der Waals surface area contributed by atoms with Crippen LogP contribution in [0, 0.1) is 10.1 Å². The zero-order valence-electron chi connectivity index (χ0n) is 16.8. The Morgan fingerprint density at radius 1 is 1.25 bits per heavy atom. The third kappa shape index (κ3) is 4.41. The number of nitro groups is 1. The summed E-state index contributed by atoms with van der Waals surface area (Å²) in [6.07, 6.45) is -2.44. The molecule has 0 saturated carbocycles. The minimum Gasteiger partial charge on any atom is -0.504 e. The molecule has 1 saturated heterocycles. The van der Waals surface area contributed by atoms with E-state index in [-0.39, 0.29) is 22.9 Å². The summed E-state index contributed by atoms with van der Waals surface area (Å²) in [6.45, 7) is -0.699. The summed E-state index contributed by atoms with van der Waals surface area (Å²) in [5.74, 6) is -3.29. The first-order valence-corrected chi connectivity index (χ1v) is 9.39. The molecule has 1 fully saturated rings. The highest BCUT2D eigenvalue weighted by Crippen LogP contribution is 2.36. The molecule has 0 radical (unpaired) electrons. The number of carbonyl (C=O) groups is 1. The Morgan fingerprint density at radius 2 is 1.94 bits per heavy atom. The summed E-state index contributed by atoms with van der Waals surface area (Å²) in [7, 11) is 1.36. The summed E-state index contributed by atoms with van der Waals surface area (Å²) in [4.78, 5) is 23.3. The highest BCUT2D eigenvalue weighted by Gasteiger charge is 2.60. The van der Waals surface area contributed by atoms with E-state index in [2.05, 4.69) is 0 Å². The van der Waals surface area contributed by atoms with Crippen LogP contribution in [-0.2, 0) is 9.53 Å². The van der Waals surface area contributed by atoms with Crippen LogP contribution >= 0.6 is 0 Å². The molecule has 2 aromatic rings. The molecule has 1 aliphatic rings. The maximum Gasteiger partial charge on any atom is 0.304 e. The fourth-order valence-electron chi connectivity index (χ4n) is 3.17. The highest BCUT2D eigenvalue weighted by atomic mass is 16.7. The molecule has 4 atom stereocenters. The lowest BCUT2D eigenvalue weighted by molar-refractivity contribution is -0.384. The Morgan fingerprint density at radius 3 is 2.50 bits per heavy atom. The van der Waals surface area contributed by atoms with Crippen molar-refractivity contribution < 1.29 is 44.4 Å². The van der Waals surface area contributed by atoms with E-state index in [1.54, 1.807) is 0 Å². The number of nitrogens with zero attached hydrogens (tertiary/aromatic N) is 1. The maximum absolute atomic E-state index is 13.1. The van der Waals surface area contributed by atoms with Crippen LogP contribution in [0.25, 0.3) is 6.08 Å². The van der Waals surface area contributed by atoms with Crippen molar-refractivity contribution in [2.45, 2.75) is 24.1 Å². The van der Waals surface area contributed by atoms with Crippen molar-refractivity contribution in [3.8, 4) is 17.2 Å². The van der Waals surface area contributed by atoms with E-state index < -0.39 is 41.4 Å². The molecule has 1 heterocycles. The van der Waals surface area contributed by atoms with Gasteiger partial charge in [-0.1, -0.05) is 12.1 Å². The van der Waals surface area contributed by atoms with Crippen molar-refractivity contribution in [1.29, 1.82) is 0 Å². The quantitative estimate of drug-likeness (QED) is 0.258. The molecule has 2 aromatic carbocycles. The van der Waals surface area contributed by atoms with E-state index in [1.807, 2.05) is 0 Å². The molecule has 170 valence electrons. The van der Waals surface area contributed by atoms with E-state index in [0.717, 1.165) is 18.2 Å². The van der Waals surface area contributed by atoms with E-state index in [1.165, 1.54) is 43.5 Å². The van der Waals surface area contributed by atoms with Gasteiger partial charge in [0.2, 0.25) is 5.78 Å². The van der Waals surface area contributed by atoms with Gasteiger partial charge in [-0.15, -0.1) is 0 Å². The lowest BCUT2D eigenvalue weighted by Crippen LogP contribution is -2.54. The van der Waals surface area contributed by atoms with Gasteiger partial charge in [0.25, 0.3) is 5.69 Å². The Kier molecular flexibility index (Phi) is 6.75. The van der Waals surface area contributed by atoms with E-state index in [9.17, 15) is 35.3 Å². The minimum absolute atomic E-state index is 0.0477. The number of aromatic hydroxyl groups is 1. The second-order valence-corrected chi connectivity index (χ2v) is 6.92. The number of carbonyl (C=O) groups excluding carboxylic acids is 1. The van der Waals surface area contributed by atoms with Crippen LogP contribution in [0.2, 0.25) is 0 Å².